The summed E-state index contributed by atoms with van der Waals surface area (Å²) in [5, 5.41) is 3.32. The van der Waals surface area contributed by atoms with Gasteiger partial charge in [0.15, 0.2) is 0 Å². The number of hydrogen-bond acceptors (Lipinski definition) is 1. The molecule has 0 aromatic heterocycles. The highest BCUT2D eigenvalue weighted by Gasteiger charge is 2.13. The van der Waals surface area contributed by atoms with Crippen LogP contribution in [-0.2, 0) is 6.42 Å². The molecule has 20 heavy (non-hydrogen) atoms. The van der Waals surface area contributed by atoms with Gasteiger partial charge in [0, 0.05) is 10.5 Å². The molecule has 0 radical (unpaired) electrons. The van der Waals surface area contributed by atoms with Crippen LogP contribution in [0.3, 0.4) is 0 Å². The monoisotopic (exact) mass is 335 g/mol. The SMILES string of the molecule is CNC(Cc1cccc(Br)c1)c1cc(C)c(F)c(C)c1. The molecule has 0 fully saturated rings. The molecule has 0 saturated heterocycles. The zero-order chi connectivity index (χ0) is 14.7. The standard InChI is InChI=1S/C17H19BrFN/c1-11-7-14(8-12(2)17(11)19)16(20-3)10-13-5-4-6-15(18)9-13/h4-9,16,20H,10H2,1-3H3. The van der Waals surface area contributed by atoms with E-state index in [2.05, 4.69) is 33.4 Å². The second-order valence-corrected chi connectivity index (χ2v) is 6.06. The Morgan fingerprint density at radius 2 is 1.80 bits per heavy atom. The highest BCUT2D eigenvalue weighted by atomic mass is 79.9. The average Bonchev–Trinajstić information content (AvgIpc) is 2.41. The Labute approximate surface area is 128 Å². The molecule has 106 valence electrons. The van der Waals surface area contributed by atoms with Gasteiger partial charge in [0.05, 0.1) is 0 Å². The van der Waals surface area contributed by atoms with Crippen LogP contribution in [0.5, 0.6) is 0 Å². The number of nitrogens with one attached hydrogen (secondary N) is 1. The van der Waals surface area contributed by atoms with Crippen LogP contribution in [0.25, 0.3) is 0 Å². The van der Waals surface area contributed by atoms with E-state index in [1.54, 1.807) is 0 Å². The Balaban J connectivity index is 2.29. The fourth-order valence-electron chi connectivity index (χ4n) is 2.47. The Bertz CT molecular complexity index is 587. The molecule has 1 N–H and O–H groups in total. The highest BCUT2D eigenvalue weighted by molar-refractivity contribution is 9.10. The van der Waals surface area contributed by atoms with E-state index in [9.17, 15) is 4.39 Å². The summed E-state index contributed by atoms with van der Waals surface area (Å²) in [6.07, 6.45) is 0.875. The highest BCUT2D eigenvalue weighted by Crippen LogP contribution is 2.24. The lowest BCUT2D eigenvalue weighted by Crippen LogP contribution is -2.19. The van der Waals surface area contributed by atoms with Gasteiger partial charge < -0.3 is 5.32 Å². The number of benzene rings is 2. The van der Waals surface area contributed by atoms with E-state index in [1.807, 2.05) is 45.2 Å². The molecule has 0 saturated carbocycles. The maximum Gasteiger partial charge on any atom is 0.129 e. The molecule has 1 nitrogen and oxygen atoms in total. The summed E-state index contributed by atoms with van der Waals surface area (Å²) in [6, 6.07) is 12.3. The van der Waals surface area contributed by atoms with Gasteiger partial charge in [0.1, 0.15) is 5.82 Å². The van der Waals surface area contributed by atoms with Gasteiger partial charge in [-0.2, -0.15) is 0 Å². The lowest BCUT2D eigenvalue weighted by Gasteiger charge is -2.19. The van der Waals surface area contributed by atoms with Crippen molar-refractivity contribution in [3.05, 3.63) is 68.9 Å². The summed E-state index contributed by atoms with van der Waals surface area (Å²) in [7, 11) is 1.94. The maximum atomic E-state index is 13.7. The fourth-order valence-corrected chi connectivity index (χ4v) is 2.91. The topological polar surface area (TPSA) is 12.0 Å². The minimum atomic E-state index is -0.106. The second-order valence-electron chi connectivity index (χ2n) is 5.14. The maximum absolute atomic E-state index is 13.7. The molecule has 0 spiro atoms. The van der Waals surface area contributed by atoms with Crippen molar-refractivity contribution in [3.63, 3.8) is 0 Å². The van der Waals surface area contributed by atoms with E-state index in [0.29, 0.717) is 11.1 Å². The quantitative estimate of drug-likeness (QED) is 0.853. The predicted octanol–water partition coefficient (Wildman–Crippen LogP) is 4.71. The molecule has 1 unspecified atom stereocenters. The Kier molecular flexibility index (Phi) is 4.95. The summed E-state index contributed by atoms with van der Waals surface area (Å²) in [6.45, 7) is 3.63. The van der Waals surface area contributed by atoms with E-state index in [-0.39, 0.29) is 11.9 Å². The molecule has 1 atom stereocenters. The smallest absolute Gasteiger partial charge is 0.129 e. The zero-order valence-electron chi connectivity index (χ0n) is 12.0. The number of aryl methyl sites for hydroxylation is 2. The first-order valence-corrected chi connectivity index (χ1v) is 7.49. The Hall–Kier alpha value is -1.19. The minimum absolute atomic E-state index is 0.106. The number of rotatable bonds is 4. The van der Waals surface area contributed by atoms with E-state index in [4.69, 9.17) is 0 Å². The number of hydrogen-bond donors (Lipinski definition) is 1. The van der Waals surface area contributed by atoms with E-state index >= 15 is 0 Å². The summed E-state index contributed by atoms with van der Waals surface area (Å²) in [5.41, 5.74) is 3.78. The number of halogens is 2. The normalized spacial score (nSPS) is 12.4. The van der Waals surface area contributed by atoms with Crippen LogP contribution in [-0.4, -0.2) is 7.05 Å². The summed E-state index contributed by atoms with van der Waals surface area (Å²) in [4.78, 5) is 0. The average molecular weight is 336 g/mol. The molecule has 2 aromatic carbocycles. The van der Waals surface area contributed by atoms with Crippen molar-refractivity contribution in [2.75, 3.05) is 7.05 Å². The van der Waals surface area contributed by atoms with Gasteiger partial charge in [-0.1, -0.05) is 40.2 Å². The van der Waals surface area contributed by atoms with Gasteiger partial charge in [-0.15, -0.1) is 0 Å². The largest absolute Gasteiger partial charge is 0.313 e. The van der Waals surface area contributed by atoms with Crippen molar-refractivity contribution in [2.45, 2.75) is 26.3 Å². The van der Waals surface area contributed by atoms with Gasteiger partial charge >= 0.3 is 0 Å². The first-order valence-electron chi connectivity index (χ1n) is 6.69. The minimum Gasteiger partial charge on any atom is -0.313 e. The van der Waals surface area contributed by atoms with Gasteiger partial charge in [-0.25, -0.2) is 4.39 Å². The predicted molar refractivity (Wildman–Crippen MR) is 85.5 cm³/mol. The first kappa shape index (κ1) is 15.2. The van der Waals surface area contributed by atoms with Crippen molar-refractivity contribution in [1.82, 2.24) is 5.32 Å². The van der Waals surface area contributed by atoms with E-state index in [1.165, 1.54) is 5.56 Å². The van der Waals surface area contributed by atoms with Crippen LogP contribution < -0.4 is 5.32 Å². The molecule has 0 aliphatic heterocycles. The van der Waals surface area contributed by atoms with Crippen LogP contribution in [0.4, 0.5) is 4.39 Å². The zero-order valence-corrected chi connectivity index (χ0v) is 13.6. The summed E-state index contributed by atoms with van der Waals surface area (Å²) in [5.74, 6) is -0.106. The molecular formula is C17H19BrFN. The van der Waals surface area contributed by atoms with Crippen molar-refractivity contribution in [1.29, 1.82) is 0 Å². The Morgan fingerprint density at radius 3 is 2.35 bits per heavy atom. The molecule has 0 bridgehead atoms. The summed E-state index contributed by atoms with van der Waals surface area (Å²) >= 11 is 3.49. The van der Waals surface area contributed by atoms with Gasteiger partial charge in [-0.3, -0.25) is 0 Å². The van der Waals surface area contributed by atoms with Crippen LogP contribution in [0.1, 0.15) is 28.3 Å². The molecule has 0 heterocycles. The van der Waals surface area contributed by atoms with Gasteiger partial charge in [0.25, 0.3) is 0 Å². The van der Waals surface area contributed by atoms with Crippen LogP contribution in [0, 0.1) is 19.7 Å². The van der Waals surface area contributed by atoms with Crippen LogP contribution >= 0.6 is 15.9 Å². The lowest BCUT2D eigenvalue weighted by molar-refractivity contribution is 0.579. The molecule has 0 aliphatic rings. The third-order valence-electron chi connectivity index (χ3n) is 3.54. The van der Waals surface area contributed by atoms with E-state index < -0.39 is 0 Å². The number of likely N-dealkylation sites (N-methyl/N-ethyl adjacent to an activating group) is 1. The van der Waals surface area contributed by atoms with Gasteiger partial charge in [-0.05, 0) is 61.7 Å². The van der Waals surface area contributed by atoms with Crippen molar-refractivity contribution in [3.8, 4) is 0 Å². The van der Waals surface area contributed by atoms with Crippen molar-refractivity contribution < 1.29 is 4.39 Å². The third kappa shape index (κ3) is 3.47. The van der Waals surface area contributed by atoms with Crippen LogP contribution in [0.15, 0.2) is 40.9 Å². The molecule has 0 amide bonds. The first-order chi connectivity index (χ1) is 9.51. The lowest BCUT2D eigenvalue weighted by atomic mass is 9.96. The third-order valence-corrected chi connectivity index (χ3v) is 4.03. The molecule has 2 aromatic rings. The van der Waals surface area contributed by atoms with Gasteiger partial charge in [0.2, 0.25) is 0 Å². The second kappa shape index (κ2) is 6.51. The Morgan fingerprint density at radius 1 is 1.15 bits per heavy atom. The molecule has 0 aliphatic carbocycles. The van der Waals surface area contributed by atoms with Crippen LogP contribution in [0.2, 0.25) is 0 Å². The van der Waals surface area contributed by atoms with E-state index in [0.717, 1.165) is 16.5 Å². The fraction of sp³-hybridized carbons (Fsp3) is 0.294. The summed E-state index contributed by atoms with van der Waals surface area (Å²) < 4.78 is 14.8. The molecule has 3 heteroatoms. The van der Waals surface area contributed by atoms with Crippen molar-refractivity contribution in [2.24, 2.45) is 0 Å². The molecular weight excluding hydrogens is 317 g/mol. The molecule has 2 rings (SSSR count). The van der Waals surface area contributed by atoms with Crippen molar-refractivity contribution >= 4 is 15.9 Å².